The van der Waals surface area contributed by atoms with Gasteiger partial charge in [0.25, 0.3) is 0 Å². The lowest BCUT2D eigenvalue weighted by Crippen LogP contribution is -2.42. The van der Waals surface area contributed by atoms with Crippen LogP contribution in [0.15, 0.2) is 29.3 Å². The first-order valence-electron chi connectivity index (χ1n) is 11.7. The van der Waals surface area contributed by atoms with Crippen molar-refractivity contribution in [2.24, 2.45) is 12.0 Å². The predicted molar refractivity (Wildman–Crippen MR) is 129 cm³/mol. The third kappa shape index (κ3) is 6.82. The number of likely N-dealkylation sites (tertiary alicyclic amines) is 1. The first-order chi connectivity index (χ1) is 15.0. The van der Waals surface area contributed by atoms with Gasteiger partial charge in [0.1, 0.15) is 0 Å². The van der Waals surface area contributed by atoms with E-state index < -0.39 is 0 Å². The summed E-state index contributed by atoms with van der Waals surface area (Å²) in [5.41, 5.74) is 6.34. The number of aromatic nitrogens is 2. The Kier molecular flexibility index (Phi) is 8.52. The zero-order valence-corrected chi connectivity index (χ0v) is 20.0. The largest absolute Gasteiger partial charge is 0.354 e. The highest BCUT2D eigenvalue weighted by atomic mass is 15.3. The first kappa shape index (κ1) is 23.3. The topological polar surface area (TPSA) is 57.5 Å². The van der Waals surface area contributed by atoms with Crippen molar-refractivity contribution in [3.8, 4) is 0 Å². The minimum absolute atomic E-state index is 0.267. The number of benzene rings is 1. The van der Waals surface area contributed by atoms with E-state index in [9.17, 15) is 0 Å². The Balaban J connectivity index is 1.47. The zero-order valence-electron chi connectivity index (χ0n) is 20.0. The molecule has 6 heteroatoms. The molecule has 31 heavy (non-hydrogen) atoms. The molecule has 1 fully saturated rings. The molecule has 3 rings (SSSR count). The SMILES string of the molecule is CN=C(NCc1ccc(CN2CCCCCC2)cc1)NC(C)Cc1c(C)nn(C)c1C. The average molecular weight is 425 g/mol. The fourth-order valence-electron chi connectivity index (χ4n) is 4.40. The molecule has 1 aliphatic heterocycles. The molecule has 170 valence electrons. The Morgan fingerprint density at radius 1 is 1.06 bits per heavy atom. The van der Waals surface area contributed by atoms with E-state index in [4.69, 9.17) is 0 Å². The number of nitrogens with one attached hydrogen (secondary N) is 2. The van der Waals surface area contributed by atoms with Crippen LogP contribution in [0.1, 0.15) is 60.7 Å². The van der Waals surface area contributed by atoms with E-state index in [2.05, 4.69) is 70.7 Å². The number of guanidine groups is 1. The minimum atomic E-state index is 0.267. The highest BCUT2D eigenvalue weighted by molar-refractivity contribution is 5.79. The lowest BCUT2D eigenvalue weighted by Gasteiger charge is -2.20. The number of hydrogen-bond acceptors (Lipinski definition) is 3. The Labute approximate surface area is 188 Å². The molecule has 0 spiro atoms. The van der Waals surface area contributed by atoms with Crippen molar-refractivity contribution in [1.82, 2.24) is 25.3 Å². The van der Waals surface area contributed by atoms with E-state index in [-0.39, 0.29) is 6.04 Å². The zero-order chi connectivity index (χ0) is 22.2. The van der Waals surface area contributed by atoms with Crippen molar-refractivity contribution in [2.45, 2.75) is 72.0 Å². The van der Waals surface area contributed by atoms with Crippen molar-refractivity contribution in [2.75, 3.05) is 20.1 Å². The van der Waals surface area contributed by atoms with Gasteiger partial charge in [-0.3, -0.25) is 14.6 Å². The fourth-order valence-corrected chi connectivity index (χ4v) is 4.40. The molecular weight excluding hydrogens is 384 g/mol. The maximum Gasteiger partial charge on any atom is 0.191 e. The van der Waals surface area contributed by atoms with Crippen LogP contribution in [0.5, 0.6) is 0 Å². The maximum absolute atomic E-state index is 4.53. The van der Waals surface area contributed by atoms with Gasteiger partial charge in [-0.25, -0.2) is 0 Å². The summed E-state index contributed by atoms with van der Waals surface area (Å²) in [5, 5.41) is 11.5. The van der Waals surface area contributed by atoms with Gasteiger partial charge < -0.3 is 10.6 Å². The average Bonchev–Trinajstić information content (AvgIpc) is 2.94. The molecule has 0 bridgehead atoms. The summed E-state index contributed by atoms with van der Waals surface area (Å²) in [5.74, 6) is 0.834. The van der Waals surface area contributed by atoms with E-state index >= 15 is 0 Å². The van der Waals surface area contributed by atoms with Gasteiger partial charge in [0.2, 0.25) is 0 Å². The number of rotatable bonds is 7. The van der Waals surface area contributed by atoms with Crippen LogP contribution in [0.4, 0.5) is 0 Å². The highest BCUT2D eigenvalue weighted by Crippen LogP contribution is 2.15. The maximum atomic E-state index is 4.53. The number of aryl methyl sites for hydroxylation is 2. The monoisotopic (exact) mass is 424 g/mol. The molecule has 0 amide bonds. The Morgan fingerprint density at radius 3 is 2.29 bits per heavy atom. The van der Waals surface area contributed by atoms with Crippen LogP contribution in [-0.2, 0) is 26.6 Å². The predicted octanol–water partition coefficient (Wildman–Crippen LogP) is 3.71. The molecule has 2 heterocycles. The van der Waals surface area contributed by atoms with Gasteiger partial charge in [-0.1, -0.05) is 37.1 Å². The summed E-state index contributed by atoms with van der Waals surface area (Å²) in [6.07, 6.45) is 6.38. The number of nitrogens with zero attached hydrogens (tertiary/aromatic N) is 4. The molecule has 0 saturated carbocycles. The molecule has 0 radical (unpaired) electrons. The third-order valence-electron chi connectivity index (χ3n) is 6.36. The van der Waals surface area contributed by atoms with Gasteiger partial charge in [0.15, 0.2) is 5.96 Å². The summed E-state index contributed by atoms with van der Waals surface area (Å²) in [6, 6.07) is 9.28. The Hall–Kier alpha value is -2.34. The normalized spacial score (nSPS) is 16.7. The fraction of sp³-hybridized carbons (Fsp3) is 0.600. The van der Waals surface area contributed by atoms with E-state index in [1.807, 2.05) is 18.8 Å². The molecule has 2 N–H and O–H groups in total. The van der Waals surface area contributed by atoms with Gasteiger partial charge in [-0.05, 0) is 69.8 Å². The molecule has 1 aromatic heterocycles. The molecule has 1 saturated heterocycles. The van der Waals surface area contributed by atoms with Gasteiger partial charge >= 0.3 is 0 Å². The molecule has 1 aliphatic rings. The standard InChI is InChI=1S/C25H40N6/c1-19(16-24-20(2)29-30(5)21(24)3)28-25(26-4)27-17-22-10-12-23(13-11-22)18-31-14-8-6-7-9-15-31/h10-13,19H,6-9,14-18H2,1-5H3,(H2,26,27,28). The molecule has 6 nitrogen and oxygen atoms in total. The first-order valence-corrected chi connectivity index (χ1v) is 11.7. The van der Waals surface area contributed by atoms with Gasteiger partial charge in [0.05, 0.1) is 5.69 Å². The third-order valence-corrected chi connectivity index (χ3v) is 6.36. The van der Waals surface area contributed by atoms with E-state index in [1.54, 1.807) is 0 Å². The quantitative estimate of drug-likeness (QED) is 0.526. The van der Waals surface area contributed by atoms with Gasteiger partial charge in [0, 0.05) is 38.9 Å². The molecule has 1 aromatic carbocycles. The Morgan fingerprint density at radius 2 is 1.71 bits per heavy atom. The lowest BCUT2D eigenvalue weighted by atomic mass is 10.1. The summed E-state index contributed by atoms with van der Waals surface area (Å²) in [6.45, 7) is 10.7. The van der Waals surface area contributed by atoms with Crippen LogP contribution in [0.25, 0.3) is 0 Å². The second-order valence-corrected chi connectivity index (χ2v) is 8.96. The van der Waals surface area contributed by atoms with Crippen LogP contribution >= 0.6 is 0 Å². The Bertz CT molecular complexity index is 844. The highest BCUT2D eigenvalue weighted by Gasteiger charge is 2.14. The van der Waals surface area contributed by atoms with E-state index in [0.29, 0.717) is 0 Å². The van der Waals surface area contributed by atoms with Crippen molar-refractivity contribution >= 4 is 5.96 Å². The summed E-state index contributed by atoms with van der Waals surface area (Å²) in [7, 11) is 3.83. The van der Waals surface area contributed by atoms with Crippen molar-refractivity contribution < 1.29 is 0 Å². The van der Waals surface area contributed by atoms with E-state index in [0.717, 1.165) is 31.2 Å². The second-order valence-electron chi connectivity index (χ2n) is 8.96. The van der Waals surface area contributed by atoms with Gasteiger partial charge in [-0.2, -0.15) is 5.10 Å². The number of hydrogen-bond donors (Lipinski definition) is 2. The van der Waals surface area contributed by atoms with Crippen molar-refractivity contribution in [1.29, 1.82) is 0 Å². The van der Waals surface area contributed by atoms with Crippen molar-refractivity contribution in [3.05, 3.63) is 52.3 Å². The summed E-state index contributed by atoms with van der Waals surface area (Å²) in [4.78, 5) is 7.00. The van der Waals surface area contributed by atoms with Crippen LogP contribution < -0.4 is 10.6 Å². The number of aliphatic imine (C=N–C) groups is 1. The summed E-state index contributed by atoms with van der Waals surface area (Å²) < 4.78 is 1.96. The van der Waals surface area contributed by atoms with Crippen LogP contribution in [0.2, 0.25) is 0 Å². The molecule has 2 aromatic rings. The molecule has 1 unspecified atom stereocenters. The van der Waals surface area contributed by atoms with E-state index in [1.165, 1.54) is 61.2 Å². The smallest absolute Gasteiger partial charge is 0.191 e. The summed E-state index contributed by atoms with van der Waals surface area (Å²) >= 11 is 0. The minimum Gasteiger partial charge on any atom is -0.354 e. The molecular formula is C25H40N6. The molecule has 1 atom stereocenters. The molecule has 0 aliphatic carbocycles. The van der Waals surface area contributed by atoms with Crippen LogP contribution in [0.3, 0.4) is 0 Å². The van der Waals surface area contributed by atoms with Crippen molar-refractivity contribution in [3.63, 3.8) is 0 Å². The second kappa shape index (κ2) is 11.3. The lowest BCUT2D eigenvalue weighted by molar-refractivity contribution is 0.277. The van der Waals surface area contributed by atoms with Gasteiger partial charge in [-0.15, -0.1) is 0 Å². The van der Waals surface area contributed by atoms with Crippen LogP contribution in [-0.4, -0.2) is 46.8 Å². The van der Waals surface area contributed by atoms with Crippen LogP contribution in [0, 0.1) is 13.8 Å².